The van der Waals surface area contributed by atoms with Crippen LogP contribution in [0.2, 0.25) is 5.02 Å². The van der Waals surface area contributed by atoms with Gasteiger partial charge in [-0.05, 0) is 29.8 Å². The van der Waals surface area contributed by atoms with Crippen LogP contribution in [0.3, 0.4) is 0 Å². The number of hydrogen-bond donors (Lipinski definition) is 1. The summed E-state index contributed by atoms with van der Waals surface area (Å²) in [6, 6.07) is 13.0. The van der Waals surface area contributed by atoms with E-state index in [2.05, 4.69) is 5.32 Å². The van der Waals surface area contributed by atoms with Gasteiger partial charge in [-0.3, -0.25) is 14.9 Å². The minimum absolute atomic E-state index is 0.0142. The van der Waals surface area contributed by atoms with Crippen LogP contribution in [0.1, 0.15) is 5.56 Å². The van der Waals surface area contributed by atoms with Crippen molar-refractivity contribution in [1.82, 2.24) is 0 Å². The number of thioether (sulfide) groups is 1. The molecule has 2 aromatic carbocycles. The van der Waals surface area contributed by atoms with Crippen LogP contribution in [0.5, 0.6) is 0 Å². The summed E-state index contributed by atoms with van der Waals surface area (Å²) in [5, 5.41) is 22.1. The van der Waals surface area contributed by atoms with Crippen molar-refractivity contribution in [2.75, 3.05) is 17.7 Å². The van der Waals surface area contributed by atoms with Gasteiger partial charge in [-0.2, -0.15) is 5.26 Å². The Balaban J connectivity index is 1.90. The minimum Gasteiger partial charge on any atom is -0.452 e. The number of nitro groups is 1. The topological polar surface area (TPSA) is 122 Å². The van der Waals surface area contributed by atoms with E-state index in [0.717, 1.165) is 11.0 Å². The quantitative estimate of drug-likeness (QED) is 0.220. The molecular weight excluding hydrogens is 418 g/mol. The smallest absolute Gasteiger partial charge is 0.331 e. The van der Waals surface area contributed by atoms with Crippen molar-refractivity contribution in [2.45, 2.75) is 4.90 Å². The first-order valence-electron chi connectivity index (χ1n) is 8.08. The lowest BCUT2D eigenvalue weighted by molar-refractivity contribution is -0.384. The van der Waals surface area contributed by atoms with Gasteiger partial charge in [0.05, 0.1) is 22.4 Å². The Hall–Kier alpha value is -3.35. The zero-order chi connectivity index (χ0) is 21.2. The molecule has 0 aliphatic heterocycles. The summed E-state index contributed by atoms with van der Waals surface area (Å²) in [5.41, 5.74) is 0.609. The highest BCUT2D eigenvalue weighted by atomic mass is 35.5. The van der Waals surface area contributed by atoms with Crippen LogP contribution < -0.4 is 5.32 Å². The molecule has 2 rings (SSSR count). The molecule has 0 heterocycles. The van der Waals surface area contributed by atoms with Gasteiger partial charge >= 0.3 is 5.97 Å². The monoisotopic (exact) mass is 431 g/mol. The van der Waals surface area contributed by atoms with Crippen molar-refractivity contribution < 1.29 is 19.2 Å². The maximum Gasteiger partial charge on any atom is 0.331 e. The summed E-state index contributed by atoms with van der Waals surface area (Å²) < 4.78 is 4.86. The molecule has 0 bridgehead atoms. The first-order chi connectivity index (χ1) is 13.9. The summed E-state index contributed by atoms with van der Waals surface area (Å²) >= 11 is 7.00. The maximum absolute atomic E-state index is 12.0. The van der Waals surface area contributed by atoms with Crippen molar-refractivity contribution in [3.05, 3.63) is 69.2 Å². The molecule has 0 aliphatic rings. The number of carbonyl (C=O) groups excluding carboxylic acids is 2. The summed E-state index contributed by atoms with van der Waals surface area (Å²) in [4.78, 5) is 34.7. The molecule has 0 saturated heterocycles. The Labute approximate surface area is 175 Å². The van der Waals surface area contributed by atoms with E-state index in [-0.39, 0.29) is 16.5 Å². The number of nitrogens with one attached hydrogen (secondary N) is 1. The number of nitrogens with zero attached hydrogens (tertiary/aromatic N) is 2. The average molecular weight is 432 g/mol. The molecule has 0 aromatic heterocycles. The van der Waals surface area contributed by atoms with Crippen LogP contribution in [0, 0.1) is 21.4 Å². The number of carbonyl (C=O) groups is 2. The molecule has 0 fully saturated rings. The van der Waals surface area contributed by atoms with Gasteiger partial charge in [0.25, 0.3) is 11.6 Å². The zero-order valence-electron chi connectivity index (χ0n) is 14.8. The molecule has 0 radical (unpaired) electrons. The van der Waals surface area contributed by atoms with Gasteiger partial charge in [-0.15, -0.1) is 11.8 Å². The molecule has 29 heavy (non-hydrogen) atoms. The molecule has 0 unspecified atom stereocenters. The second-order valence-corrected chi connectivity index (χ2v) is 6.82. The van der Waals surface area contributed by atoms with E-state index in [9.17, 15) is 19.7 Å². The van der Waals surface area contributed by atoms with Crippen molar-refractivity contribution in [3.8, 4) is 6.07 Å². The third-order valence-electron chi connectivity index (χ3n) is 3.38. The van der Waals surface area contributed by atoms with E-state index in [1.54, 1.807) is 24.3 Å². The van der Waals surface area contributed by atoms with Crippen LogP contribution in [0.25, 0.3) is 6.08 Å². The highest BCUT2D eigenvalue weighted by Crippen LogP contribution is 2.27. The first kappa shape index (κ1) is 21.9. The third-order valence-corrected chi connectivity index (χ3v) is 4.64. The fraction of sp³-hybridized carbons (Fsp3) is 0.105. The van der Waals surface area contributed by atoms with Gasteiger partial charge in [0.15, 0.2) is 6.61 Å². The van der Waals surface area contributed by atoms with E-state index < -0.39 is 23.4 Å². The normalized spacial score (nSPS) is 10.3. The lowest BCUT2D eigenvalue weighted by atomic mass is 10.2. The van der Waals surface area contributed by atoms with Crippen molar-refractivity contribution in [2.24, 2.45) is 0 Å². The lowest BCUT2D eigenvalue weighted by Crippen LogP contribution is -2.20. The average Bonchev–Trinajstić information content (AvgIpc) is 2.70. The Morgan fingerprint density at radius 2 is 2.07 bits per heavy atom. The predicted molar refractivity (Wildman–Crippen MR) is 110 cm³/mol. The van der Waals surface area contributed by atoms with E-state index in [1.165, 1.54) is 36.0 Å². The molecule has 1 amide bonds. The van der Waals surface area contributed by atoms with Gasteiger partial charge in [0.2, 0.25) is 0 Å². The Kier molecular flexibility index (Phi) is 8.21. The molecule has 1 N–H and O–H groups in total. The highest BCUT2D eigenvalue weighted by molar-refractivity contribution is 7.99. The second kappa shape index (κ2) is 10.8. The van der Waals surface area contributed by atoms with Crippen LogP contribution in [0.4, 0.5) is 11.4 Å². The number of ether oxygens (including phenoxy) is 1. The van der Waals surface area contributed by atoms with E-state index >= 15 is 0 Å². The molecule has 0 saturated carbocycles. The second-order valence-electron chi connectivity index (χ2n) is 5.40. The third kappa shape index (κ3) is 6.95. The van der Waals surface area contributed by atoms with E-state index in [1.807, 2.05) is 6.07 Å². The van der Waals surface area contributed by atoms with Gasteiger partial charge < -0.3 is 10.1 Å². The summed E-state index contributed by atoms with van der Waals surface area (Å²) in [7, 11) is 0. The fourth-order valence-corrected chi connectivity index (χ4v) is 2.97. The predicted octanol–water partition coefficient (Wildman–Crippen LogP) is 4.06. The Morgan fingerprint density at radius 1 is 1.31 bits per heavy atom. The van der Waals surface area contributed by atoms with Crippen molar-refractivity contribution in [1.29, 1.82) is 5.26 Å². The lowest BCUT2D eigenvalue weighted by Gasteiger charge is -2.09. The number of nitriles is 1. The summed E-state index contributed by atoms with van der Waals surface area (Å²) in [6.45, 7) is -0.513. The van der Waals surface area contributed by atoms with Gasteiger partial charge in [-0.1, -0.05) is 29.8 Å². The molecule has 0 atom stereocenters. The van der Waals surface area contributed by atoms with Crippen LogP contribution in [-0.4, -0.2) is 29.2 Å². The minimum atomic E-state index is -0.787. The fourth-order valence-electron chi connectivity index (χ4n) is 2.11. The number of benzene rings is 2. The molecule has 0 aliphatic carbocycles. The maximum atomic E-state index is 12.0. The summed E-state index contributed by atoms with van der Waals surface area (Å²) in [5.74, 6) is -1.10. The van der Waals surface area contributed by atoms with Crippen molar-refractivity contribution >= 4 is 52.7 Å². The molecule has 148 valence electrons. The molecule has 10 heteroatoms. The number of para-hydroxylation sites is 1. The number of halogens is 1. The highest BCUT2D eigenvalue weighted by Gasteiger charge is 2.12. The van der Waals surface area contributed by atoms with E-state index in [0.29, 0.717) is 11.3 Å². The van der Waals surface area contributed by atoms with Gasteiger partial charge in [-0.25, -0.2) is 4.79 Å². The Morgan fingerprint density at radius 3 is 2.79 bits per heavy atom. The molecule has 0 spiro atoms. The number of hydrogen-bond acceptors (Lipinski definition) is 7. The zero-order valence-corrected chi connectivity index (χ0v) is 16.4. The van der Waals surface area contributed by atoms with Gasteiger partial charge in [0.1, 0.15) is 5.02 Å². The van der Waals surface area contributed by atoms with Crippen LogP contribution in [0.15, 0.2) is 53.4 Å². The van der Waals surface area contributed by atoms with Crippen LogP contribution in [-0.2, 0) is 14.3 Å². The number of amides is 1. The van der Waals surface area contributed by atoms with Gasteiger partial charge in [0, 0.05) is 17.0 Å². The molecule has 2 aromatic rings. The number of anilines is 1. The number of nitro benzene ring substituents is 1. The molecule has 8 nitrogen and oxygen atoms in total. The first-order valence-corrected chi connectivity index (χ1v) is 9.44. The van der Waals surface area contributed by atoms with Crippen molar-refractivity contribution in [3.63, 3.8) is 0 Å². The van der Waals surface area contributed by atoms with Crippen LogP contribution >= 0.6 is 23.4 Å². The standard InChI is InChI=1S/C19H14ClN3O5S/c20-14-7-5-13(11-16(14)23(26)27)6-8-19(25)28-12-18(24)22-15-3-1-2-4-17(15)29-10-9-21/h1-8,11H,10,12H2,(H,22,24)/b8-6+. The molecular formula is C19H14ClN3O5S. The number of esters is 1. The summed E-state index contributed by atoms with van der Waals surface area (Å²) in [6.07, 6.45) is 2.37. The Bertz CT molecular complexity index is 1000. The number of rotatable bonds is 8. The largest absolute Gasteiger partial charge is 0.452 e. The SMILES string of the molecule is N#CCSc1ccccc1NC(=O)COC(=O)/C=C/c1ccc(Cl)c([N+](=O)[O-])c1. The van der Waals surface area contributed by atoms with E-state index in [4.69, 9.17) is 21.6 Å².